The topological polar surface area (TPSA) is 127 Å². The van der Waals surface area contributed by atoms with Gasteiger partial charge in [0.15, 0.2) is 17.5 Å². The van der Waals surface area contributed by atoms with E-state index in [9.17, 15) is 9.18 Å². The summed E-state index contributed by atoms with van der Waals surface area (Å²) in [6, 6.07) is 3.18. The molecular weight excluding hydrogens is 398 g/mol. The second-order valence-electron chi connectivity index (χ2n) is 6.46. The smallest absolute Gasteiger partial charge is 0.335 e. The van der Waals surface area contributed by atoms with E-state index in [4.69, 9.17) is 15.6 Å². The fraction of sp³-hybridized carbons (Fsp3) is 0.211. The third kappa shape index (κ3) is 3.74. The first-order valence-corrected chi connectivity index (χ1v) is 8.95. The van der Waals surface area contributed by atoms with Gasteiger partial charge in [-0.2, -0.15) is 0 Å². The molecule has 3 aromatic rings. The maximum atomic E-state index is 15.4. The fourth-order valence-electron chi connectivity index (χ4n) is 3.02. The minimum absolute atomic E-state index is 0.0168. The molecule has 0 aliphatic carbocycles. The Bertz CT molecular complexity index is 1100. The van der Waals surface area contributed by atoms with Crippen molar-refractivity contribution in [2.24, 2.45) is 0 Å². The molecule has 0 radical (unpaired) electrons. The lowest BCUT2D eigenvalue weighted by Crippen LogP contribution is -2.37. The minimum atomic E-state index is -1.29. The number of ether oxygens (including phenoxy) is 1. The number of carbonyl (C=O) groups is 1. The predicted molar refractivity (Wildman–Crippen MR) is 103 cm³/mol. The van der Waals surface area contributed by atoms with Gasteiger partial charge in [-0.15, -0.1) is 0 Å². The molecule has 1 saturated heterocycles. The van der Waals surface area contributed by atoms with Crippen molar-refractivity contribution in [2.75, 3.05) is 36.9 Å². The summed E-state index contributed by atoms with van der Waals surface area (Å²) in [6.07, 6.45) is 2.76. The van der Waals surface area contributed by atoms with Gasteiger partial charge in [-0.05, 0) is 18.2 Å². The SMILES string of the molecule is Nc1ncc(-c2nc(-c3ccc(C(=O)O)cc3F)c(F)c(N3CCOCC3)n2)cn1. The first-order chi connectivity index (χ1) is 14.4. The van der Waals surface area contributed by atoms with E-state index in [1.54, 1.807) is 4.90 Å². The number of hydrogen-bond acceptors (Lipinski definition) is 8. The molecule has 3 heterocycles. The van der Waals surface area contributed by atoms with Crippen molar-refractivity contribution in [3.63, 3.8) is 0 Å². The van der Waals surface area contributed by atoms with Crippen LogP contribution >= 0.6 is 0 Å². The van der Waals surface area contributed by atoms with E-state index in [1.165, 1.54) is 24.5 Å². The van der Waals surface area contributed by atoms with Gasteiger partial charge in [0.25, 0.3) is 0 Å². The Balaban J connectivity index is 1.89. The van der Waals surface area contributed by atoms with Crippen molar-refractivity contribution in [3.05, 3.63) is 47.8 Å². The highest BCUT2D eigenvalue weighted by Gasteiger charge is 2.25. The summed E-state index contributed by atoms with van der Waals surface area (Å²) in [4.78, 5) is 29.0. The molecular formula is C19H16F2N6O3. The highest BCUT2D eigenvalue weighted by Crippen LogP contribution is 2.32. The largest absolute Gasteiger partial charge is 0.478 e. The van der Waals surface area contributed by atoms with Crippen LogP contribution in [0.5, 0.6) is 0 Å². The number of anilines is 2. The first-order valence-electron chi connectivity index (χ1n) is 8.95. The monoisotopic (exact) mass is 414 g/mol. The van der Waals surface area contributed by atoms with Crippen LogP contribution in [-0.2, 0) is 4.74 Å². The molecule has 1 aromatic carbocycles. The van der Waals surface area contributed by atoms with E-state index in [1.807, 2.05) is 0 Å². The standard InChI is InChI=1S/C19H16F2N6O3/c20-13-7-10(18(28)29)1-2-12(13)15-14(21)17(27-3-5-30-6-4-27)26-16(25-15)11-8-23-19(22)24-9-11/h1-2,7-9H,3-6H2,(H,28,29)(H2,22,23,24). The van der Waals surface area contributed by atoms with Crippen LogP contribution in [-0.4, -0.2) is 57.3 Å². The van der Waals surface area contributed by atoms with Gasteiger partial charge in [0.1, 0.15) is 11.5 Å². The molecule has 4 rings (SSSR count). The van der Waals surface area contributed by atoms with Crippen LogP contribution < -0.4 is 10.6 Å². The van der Waals surface area contributed by atoms with Crippen molar-refractivity contribution < 1.29 is 23.4 Å². The fourth-order valence-corrected chi connectivity index (χ4v) is 3.02. The van der Waals surface area contributed by atoms with E-state index in [2.05, 4.69) is 19.9 Å². The van der Waals surface area contributed by atoms with Crippen LogP contribution in [0.1, 0.15) is 10.4 Å². The number of nitrogens with zero attached hydrogens (tertiary/aromatic N) is 5. The Labute approximate surface area is 169 Å². The quantitative estimate of drug-likeness (QED) is 0.659. The molecule has 0 atom stereocenters. The number of aromatic carboxylic acids is 1. The molecule has 11 heteroatoms. The molecule has 30 heavy (non-hydrogen) atoms. The number of halogens is 2. The average molecular weight is 414 g/mol. The number of carboxylic acids is 1. The summed E-state index contributed by atoms with van der Waals surface area (Å²) in [7, 11) is 0. The first kappa shape index (κ1) is 19.6. The number of morpholine rings is 1. The van der Waals surface area contributed by atoms with Crippen molar-refractivity contribution >= 4 is 17.7 Å². The zero-order valence-corrected chi connectivity index (χ0v) is 15.5. The number of aromatic nitrogens is 4. The van der Waals surface area contributed by atoms with E-state index >= 15 is 4.39 Å². The molecule has 2 aromatic heterocycles. The lowest BCUT2D eigenvalue weighted by molar-refractivity contribution is 0.0696. The van der Waals surface area contributed by atoms with Gasteiger partial charge in [-0.25, -0.2) is 33.5 Å². The highest BCUT2D eigenvalue weighted by molar-refractivity contribution is 5.88. The average Bonchev–Trinajstić information content (AvgIpc) is 2.75. The number of carboxylic acid groups (broad SMARTS) is 1. The third-order valence-corrected chi connectivity index (χ3v) is 4.55. The zero-order chi connectivity index (χ0) is 21.3. The number of nitrogens with two attached hydrogens (primary N) is 1. The van der Waals surface area contributed by atoms with Crippen LogP contribution in [0.4, 0.5) is 20.5 Å². The summed E-state index contributed by atoms with van der Waals surface area (Å²) in [5.74, 6) is -2.92. The Hall–Kier alpha value is -3.73. The van der Waals surface area contributed by atoms with E-state index < -0.39 is 17.6 Å². The van der Waals surface area contributed by atoms with Crippen molar-refractivity contribution in [1.82, 2.24) is 19.9 Å². The third-order valence-electron chi connectivity index (χ3n) is 4.55. The summed E-state index contributed by atoms with van der Waals surface area (Å²) < 4.78 is 35.4. The van der Waals surface area contributed by atoms with Gasteiger partial charge < -0.3 is 20.5 Å². The van der Waals surface area contributed by atoms with Crippen molar-refractivity contribution in [1.29, 1.82) is 0 Å². The highest BCUT2D eigenvalue weighted by atomic mass is 19.1. The molecule has 3 N–H and O–H groups in total. The number of benzene rings is 1. The second-order valence-corrected chi connectivity index (χ2v) is 6.46. The molecule has 0 bridgehead atoms. The molecule has 9 nitrogen and oxygen atoms in total. The molecule has 0 unspecified atom stereocenters. The zero-order valence-electron chi connectivity index (χ0n) is 15.5. The van der Waals surface area contributed by atoms with Crippen LogP contribution in [0.15, 0.2) is 30.6 Å². The second kappa shape index (κ2) is 7.95. The van der Waals surface area contributed by atoms with E-state index in [0.29, 0.717) is 31.9 Å². The van der Waals surface area contributed by atoms with Gasteiger partial charge in [0.05, 0.1) is 24.3 Å². The summed E-state index contributed by atoms with van der Waals surface area (Å²) in [5, 5.41) is 9.05. The Morgan fingerprint density at radius 1 is 1.13 bits per heavy atom. The number of hydrogen-bond donors (Lipinski definition) is 2. The van der Waals surface area contributed by atoms with Crippen LogP contribution in [0, 0.1) is 11.6 Å². The van der Waals surface area contributed by atoms with Crippen LogP contribution in [0.2, 0.25) is 0 Å². The van der Waals surface area contributed by atoms with Gasteiger partial charge in [-0.3, -0.25) is 0 Å². The van der Waals surface area contributed by atoms with Gasteiger partial charge >= 0.3 is 5.97 Å². The number of rotatable bonds is 4. The molecule has 0 saturated carbocycles. The normalized spacial score (nSPS) is 14.0. The Kier molecular flexibility index (Phi) is 5.19. The Morgan fingerprint density at radius 2 is 1.83 bits per heavy atom. The maximum absolute atomic E-state index is 15.4. The van der Waals surface area contributed by atoms with Gasteiger partial charge in [0.2, 0.25) is 5.95 Å². The predicted octanol–water partition coefficient (Wildman–Crippen LogP) is 2.00. The lowest BCUT2D eigenvalue weighted by atomic mass is 10.1. The minimum Gasteiger partial charge on any atom is -0.478 e. The van der Waals surface area contributed by atoms with Gasteiger partial charge in [0, 0.05) is 31.0 Å². The molecule has 1 aliphatic rings. The molecule has 1 fully saturated rings. The van der Waals surface area contributed by atoms with Crippen LogP contribution in [0.3, 0.4) is 0 Å². The molecule has 0 amide bonds. The van der Waals surface area contributed by atoms with Crippen molar-refractivity contribution in [2.45, 2.75) is 0 Å². The van der Waals surface area contributed by atoms with E-state index in [-0.39, 0.29) is 34.4 Å². The molecule has 154 valence electrons. The van der Waals surface area contributed by atoms with Crippen LogP contribution in [0.25, 0.3) is 22.6 Å². The summed E-state index contributed by atoms with van der Waals surface area (Å²) in [6.45, 7) is 1.57. The molecule has 1 aliphatic heterocycles. The van der Waals surface area contributed by atoms with Crippen molar-refractivity contribution in [3.8, 4) is 22.6 Å². The lowest BCUT2D eigenvalue weighted by Gasteiger charge is -2.28. The Morgan fingerprint density at radius 3 is 2.47 bits per heavy atom. The summed E-state index contributed by atoms with van der Waals surface area (Å²) in [5.41, 5.74) is 5.13. The summed E-state index contributed by atoms with van der Waals surface area (Å²) >= 11 is 0. The van der Waals surface area contributed by atoms with Gasteiger partial charge in [-0.1, -0.05) is 0 Å². The maximum Gasteiger partial charge on any atom is 0.335 e. The number of nitrogen functional groups attached to an aromatic ring is 1. The molecule has 0 spiro atoms. The van der Waals surface area contributed by atoms with E-state index in [0.717, 1.165) is 6.07 Å².